The second-order valence-corrected chi connectivity index (χ2v) is 9.85. The van der Waals surface area contributed by atoms with E-state index < -0.39 is 45.8 Å². The minimum atomic E-state index is -1.07. The van der Waals surface area contributed by atoms with Gasteiger partial charge in [-0.25, -0.2) is 9.59 Å². The van der Waals surface area contributed by atoms with E-state index in [0.717, 1.165) is 0 Å². The van der Waals surface area contributed by atoms with Gasteiger partial charge in [0.05, 0.1) is 5.37 Å². The zero-order valence-corrected chi connectivity index (χ0v) is 17.4. The summed E-state index contributed by atoms with van der Waals surface area (Å²) in [6.07, 6.45) is 0. The van der Waals surface area contributed by atoms with Gasteiger partial charge in [-0.15, -0.1) is 11.8 Å². The highest BCUT2D eigenvalue weighted by atomic mass is 32.2. The fourth-order valence-corrected chi connectivity index (χ4v) is 4.26. The lowest BCUT2D eigenvalue weighted by molar-refractivity contribution is -0.157. The molecule has 0 aliphatic carbocycles. The number of rotatable bonds is 5. The van der Waals surface area contributed by atoms with Gasteiger partial charge in [-0.2, -0.15) is 0 Å². The summed E-state index contributed by atoms with van der Waals surface area (Å²) in [5.74, 6) is -1.65. The molecule has 3 unspecified atom stereocenters. The molecular formula is C19H27N3O5S. The number of urea groups is 1. The summed E-state index contributed by atoms with van der Waals surface area (Å²) in [6.45, 7) is 8.74. The van der Waals surface area contributed by atoms with Gasteiger partial charge in [-0.1, -0.05) is 18.2 Å². The van der Waals surface area contributed by atoms with E-state index in [-0.39, 0.29) is 0 Å². The maximum atomic E-state index is 12.8. The molecule has 0 spiro atoms. The summed E-state index contributed by atoms with van der Waals surface area (Å²) in [6, 6.07) is 6.27. The number of anilines is 1. The van der Waals surface area contributed by atoms with Crippen molar-refractivity contribution in [2.75, 3.05) is 5.32 Å². The second kappa shape index (κ2) is 8.40. The van der Waals surface area contributed by atoms with E-state index in [1.807, 2.05) is 6.07 Å². The minimum Gasteiger partial charge on any atom is -0.480 e. The van der Waals surface area contributed by atoms with Crippen LogP contribution in [0.4, 0.5) is 10.5 Å². The summed E-state index contributed by atoms with van der Waals surface area (Å²) in [5, 5.41) is 17.0. The van der Waals surface area contributed by atoms with Crippen molar-refractivity contribution in [3.63, 3.8) is 0 Å². The molecule has 154 valence electrons. The first-order chi connectivity index (χ1) is 12.9. The molecule has 28 heavy (non-hydrogen) atoms. The predicted octanol–water partition coefficient (Wildman–Crippen LogP) is 2.41. The third kappa shape index (κ3) is 5.87. The van der Waals surface area contributed by atoms with E-state index in [2.05, 4.69) is 16.0 Å². The van der Waals surface area contributed by atoms with Crippen molar-refractivity contribution >= 4 is 35.4 Å². The Morgan fingerprint density at radius 3 is 2.32 bits per heavy atom. The fraction of sp³-hybridized carbons (Fsp3) is 0.526. The Hall–Kier alpha value is -2.26. The zero-order valence-electron chi connectivity index (χ0n) is 16.6. The highest BCUT2D eigenvalue weighted by molar-refractivity contribution is 8.01. The van der Waals surface area contributed by atoms with Gasteiger partial charge >= 0.3 is 18.0 Å². The number of aliphatic carboxylic acids is 1. The van der Waals surface area contributed by atoms with Crippen LogP contribution in [-0.2, 0) is 14.3 Å². The summed E-state index contributed by atoms with van der Waals surface area (Å²) < 4.78 is 4.77. The molecule has 1 aromatic carbocycles. The molecule has 1 fully saturated rings. The minimum absolute atomic E-state index is 0.568. The number of carbonyl (C=O) groups excluding carboxylic acids is 2. The van der Waals surface area contributed by atoms with E-state index >= 15 is 0 Å². The molecule has 2 amide bonds. The van der Waals surface area contributed by atoms with E-state index in [1.165, 1.54) is 11.8 Å². The molecule has 0 bridgehead atoms. The van der Waals surface area contributed by atoms with Crippen LogP contribution in [0.1, 0.15) is 34.6 Å². The molecule has 2 rings (SSSR count). The van der Waals surface area contributed by atoms with Gasteiger partial charge in [0.15, 0.2) is 6.04 Å². The van der Waals surface area contributed by atoms with Gasteiger partial charge in [0.1, 0.15) is 11.6 Å². The number of carboxylic acid groups (broad SMARTS) is 1. The number of nitrogens with one attached hydrogen (secondary N) is 3. The van der Waals surface area contributed by atoms with Gasteiger partial charge in [0.25, 0.3) is 0 Å². The molecule has 0 saturated carbocycles. The lowest BCUT2D eigenvalue weighted by Gasteiger charge is -2.28. The SMILES string of the molecule is CC(C)(C)OC(=O)C(NC(=O)Nc1ccccc1)C1NC(C(=O)O)C(C)(C)S1. The molecule has 1 aromatic rings. The Kier molecular flexibility index (Phi) is 6.61. The van der Waals surface area contributed by atoms with E-state index in [4.69, 9.17) is 4.74 Å². The number of benzene rings is 1. The van der Waals surface area contributed by atoms with Crippen molar-refractivity contribution in [3.05, 3.63) is 30.3 Å². The van der Waals surface area contributed by atoms with Crippen molar-refractivity contribution < 1.29 is 24.2 Å². The van der Waals surface area contributed by atoms with Crippen molar-refractivity contribution in [2.45, 2.75) is 62.4 Å². The number of amides is 2. The fourth-order valence-electron chi connectivity index (χ4n) is 2.78. The molecule has 0 aromatic heterocycles. The normalized spacial score (nSPS) is 22.2. The summed E-state index contributed by atoms with van der Waals surface area (Å²) in [4.78, 5) is 36.8. The van der Waals surface area contributed by atoms with E-state index in [9.17, 15) is 19.5 Å². The summed E-state index contributed by atoms with van der Waals surface area (Å²) in [7, 11) is 0. The molecule has 3 atom stereocenters. The Morgan fingerprint density at radius 2 is 1.82 bits per heavy atom. The van der Waals surface area contributed by atoms with Crippen molar-refractivity contribution in [1.82, 2.24) is 10.6 Å². The van der Waals surface area contributed by atoms with Gasteiger partial charge in [0, 0.05) is 10.4 Å². The zero-order chi connectivity index (χ0) is 21.1. The standard InChI is InChI=1S/C19H27N3O5S/c1-18(2,3)27-16(25)12(14-22-13(15(23)24)19(4,5)28-14)21-17(26)20-11-9-7-6-8-10-11/h6-10,12-14,22H,1-5H3,(H,23,24)(H2,20,21,26). The second-order valence-electron chi connectivity index (χ2n) is 8.06. The molecule has 1 aliphatic heterocycles. The monoisotopic (exact) mass is 409 g/mol. The van der Waals surface area contributed by atoms with Gasteiger partial charge < -0.3 is 20.5 Å². The summed E-state index contributed by atoms with van der Waals surface area (Å²) in [5.41, 5.74) is -0.184. The predicted molar refractivity (Wildman–Crippen MR) is 108 cm³/mol. The highest BCUT2D eigenvalue weighted by Gasteiger charge is 2.50. The van der Waals surface area contributed by atoms with Gasteiger partial charge in [-0.05, 0) is 46.8 Å². The van der Waals surface area contributed by atoms with Crippen LogP contribution in [0.15, 0.2) is 30.3 Å². The lowest BCUT2D eigenvalue weighted by Crippen LogP contribution is -2.56. The van der Waals surface area contributed by atoms with Gasteiger partial charge in [0.2, 0.25) is 0 Å². The van der Waals surface area contributed by atoms with Crippen molar-refractivity contribution in [1.29, 1.82) is 0 Å². The first kappa shape index (κ1) is 22.0. The topological polar surface area (TPSA) is 117 Å². The molecule has 0 radical (unpaired) electrons. The van der Waals surface area contributed by atoms with E-state index in [0.29, 0.717) is 5.69 Å². The number of carboxylic acids is 1. The average molecular weight is 410 g/mol. The number of hydrogen-bond acceptors (Lipinski definition) is 6. The third-order valence-electron chi connectivity index (χ3n) is 3.99. The largest absolute Gasteiger partial charge is 0.480 e. The highest BCUT2D eigenvalue weighted by Crippen LogP contribution is 2.39. The Bertz CT molecular complexity index is 733. The number of esters is 1. The number of thioether (sulfide) groups is 1. The van der Waals surface area contributed by atoms with Crippen molar-refractivity contribution in [3.8, 4) is 0 Å². The molecule has 4 N–H and O–H groups in total. The van der Waals surface area contributed by atoms with Crippen LogP contribution in [0.25, 0.3) is 0 Å². The molecule has 8 nitrogen and oxygen atoms in total. The Labute approximate surface area is 168 Å². The molecular weight excluding hydrogens is 382 g/mol. The van der Waals surface area contributed by atoms with Crippen LogP contribution in [0, 0.1) is 0 Å². The molecule has 1 saturated heterocycles. The van der Waals surface area contributed by atoms with Crippen molar-refractivity contribution in [2.24, 2.45) is 0 Å². The molecule has 1 heterocycles. The average Bonchev–Trinajstić information content (AvgIpc) is 2.87. The van der Waals surface area contributed by atoms with Gasteiger partial charge in [-0.3, -0.25) is 10.1 Å². The quantitative estimate of drug-likeness (QED) is 0.552. The first-order valence-corrected chi connectivity index (χ1v) is 9.79. The maximum Gasteiger partial charge on any atom is 0.331 e. The third-order valence-corrected chi connectivity index (χ3v) is 5.49. The van der Waals surface area contributed by atoms with E-state index in [1.54, 1.807) is 58.9 Å². The van der Waals surface area contributed by atoms with Crippen LogP contribution in [0.5, 0.6) is 0 Å². The first-order valence-electron chi connectivity index (χ1n) is 8.91. The van der Waals surface area contributed by atoms with Crippen LogP contribution in [-0.4, -0.2) is 50.9 Å². The number of hydrogen-bond donors (Lipinski definition) is 4. The Balaban J connectivity index is 2.19. The summed E-state index contributed by atoms with van der Waals surface area (Å²) >= 11 is 1.28. The number of ether oxygens (including phenoxy) is 1. The number of para-hydroxylation sites is 1. The Morgan fingerprint density at radius 1 is 1.21 bits per heavy atom. The van der Waals surface area contributed by atoms with Crippen LogP contribution >= 0.6 is 11.8 Å². The molecule has 9 heteroatoms. The van der Waals surface area contributed by atoms with Crippen LogP contribution < -0.4 is 16.0 Å². The smallest absolute Gasteiger partial charge is 0.331 e. The maximum absolute atomic E-state index is 12.8. The lowest BCUT2D eigenvalue weighted by atomic mass is 10.0. The van der Waals surface area contributed by atoms with Crippen LogP contribution in [0.2, 0.25) is 0 Å². The van der Waals surface area contributed by atoms with Crippen LogP contribution in [0.3, 0.4) is 0 Å². The molecule has 1 aliphatic rings. The number of carbonyl (C=O) groups is 3.